The van der Waals surface area contributed by atoms with E-state index in [0.29, 0.717) is 17.6 Å². The fraction of sp³-hybridized carbons (Fsp3) is 0.556. The predicted molar refractivity (Wildman–Crippen MR) is 94.7 cm³/mol. The zero-order valence-corrected chi connectivity index (χ0v) is 15.1. The molecule has 124 valence electrons. The molecule has 0 bridgehead atoms. The van der Waals surface area contributed by atoms with E-state index in [0.717, 1.165) is 29.7 Å². The first kappa shape index (κ1) is 20.2. The van der Waals surface area contributed by atoms with Gasteiger partial charge in [-0.15, -0.1) is 0 Å². The fourth-order valence-electron chi connectivity index (χ4n) is 1.67. The van der Waals surface area contributed by atoms with E-state index in [1.807, 2.05) is 52.8 Å². The van der Waals surface area contributed by atoms with Gasteiger partial charge in [0.25, 0.3) is 0 Å². The van der Waals surface area contributed by atoms with Crippen LogP contribution in [0.4, 0.5) is 5.69 Å². The molecule has 0 spiro atoms. The third-order valence-electron chi connectivity index (χ3n) is 2.94. The Balaban J connectivity index is 0.00000102. The highest BCUT2D eigenvalue weighted by atomic mass is 16.5. The molecule has 22 heavy (non-hydrogen) atoms. The van der Waals surface area contributed by atoms with E-state index in [1.165, 1.54) is 0 Å². The third kappa shape index (κ3) is 6.29. The molecule has 0 unspecified atom stereocenters. The number of hydrogen-bond acceptors (Lipinski definition) is 4. The summed E-state index contributed by atoms with van der Waals surface area (Å²) in [6.45, 7) is 14.3. The van der Waals surface area contributed by atoms with Crippen molar-refractivity contribution in [1.82, 2.24) is 10.1 Å². The zero-order valence-electron chi connectivity index (χ0n) is 15.1. The van der Waals surface area contributed by atoms with E-state index in [9.17, 15) is 0 Å². The number of benzene rings is 1. The van der Waals surface area contributed by atoms with Crippen LogP contribution in [0.1, 0.15) is 59.4 Å². The van der Waals surface area contributed by atoms with Crippen LogP contribution < -0.4 is 5.73 Å². The van der Waals surface area contributed by atoms with Crippen LogP contribution >= 0.6 is 0 Å². The fourth-order valence-corrected chi connectivity index (χ4v) is 1.67. The van der Waals surface area contributed by atoms with Crippen LogP contribution in [0.2, 0.25) is 0 Å². The molecule has 0 atom stereocenters. The highest BCUT2D eigenvalue weighted by Crippen LogP contribution is 2.21. The first-order valence-corrected chi connectivity index (χ1v) is 8.25. The van der Waals surface area contributed by atoms with Crippen molar-refractivity contribution in [1.29, 1.82) is 0 Å². The summed E-state index contributed by atoms with van der Waals surface area (Å²) in [5.41, 5.74) is 8.59. The number of anilines is 1. The van der Waals surface area contributed by atoms with Crippen LogP contribution in [0.5, 0.6) is 0 Å². The van der Waals surface area contributed by atoms with Crippen molar-refractivity contribution in [2.75, 3.05) is 5.73 Å². The Labute approximate surface area is 135 Å². The van der Waals surface area contributed by atoms with Crippen LogP contribution in [-0.4, -0.2) is 10.1 Å². The van der Waals surface area contributed by atoms with E-state index in [4.69, 9.17) is 10.3 Å². The van der Waals surface area contributed by atoms with Gasteiger partial charge >= 0.3 is 0 Å². The minimum Gasteiger partial charge on any atom is -0.398 e. The van der Waals surface area contributed by atoms with Crippen LogP contribution in [0.3, 0.4) is 0 Å². The number of rotatable bonds is 4. The summed E-state index contributed by atoms with van der Waals surface area (Å²) in [5.74, 6) is 1.94. The number of aryl methyl sites for hydroxylation is 2. The molecule has 0 saturated heterocycles. The Morgan fingerprint density at radius 2 is 1.77 bits per heavy atom. The molecule has 1 aromatic heterocycles. The molecule has 0 aliphatic rings. The van der Waals surface area contributed by atoms with Crippen molar-refractivity contribution in [3.8, 4) is 11.4 Å². The van der Waals surface area contributed by atoms with E-state index in [-0.39, 0.29) is 0 Å². The molecule has 2 N–H and O–H groups in total. The second-order valence-corrected chi connectivity index (χ2v) is 5.02. The second kappa shape index (κ2) is 10.8. The molecule has 0 saturated carbocycles. The lowest BCUT2D eigenvalue weighted by molar-refractivity contribution is 0.368. The van der Waals surface area contributed by atoms with Crippen molar-refractivity contribution in [3.63, 3.8) is 0 Å². The SMILES string of the molecule is CC.CC.Cc1ccc(-c2noc(CCC(C)C)n2)cc1N. The lowest BCUT2D eigenvalue weighted by atomic mass is 10.1. The zero-order chi connectivity index (χ0) is 17.1. The van der Waals surface area contributed by atoms with E-state index in [2.05, 4.69) is 24.0 Å². The van der Waals surface area contributed by atoms with Gasteiger partial charge in [-0.2, -0.15) is 4.98 Å². The van der Waals surface area contributed by atoms with Gasteiger partial charge < -0.3 is 10.3 Å². The normalized spacial score (nSPS) is 9.64. The maximum absolute atomic E-state index is 5.88. The largest absolute Gasteiger partial charge is 0.398 e. The third-order valence-corrected chi connectivity index (χ3v) is 2.94. The first-order valence-electron chi connectivity index (χ1n) is 8.25. The van der Waals surface area contributed by atoms with E-state index >= 15 is 0 Å². The predicted octanol–water partition coefficient (Wildman–Crippen LogP) is 5.27. The van der Waals surface area contributed by atoms with Crippen LogP contribution in [-0.2, 0) is 6.42 Å². The van der Waals surface area contributed by atoms with Gasteiger partial charge in [0.1, 0.15) is 0 Å². The molecule has 0 amide bonds. The number of nitrogens with two attached hydrogens (primary N) is 1. The maximum Gasteiger partial charge on any atom is 0.226 e. The highest BCUT2D eigenvalue weighted by Gasteiger charge is 2.09. The van der Waals surface area contributed by atoms with Crippen molar-refractivity contribution in [2.45, 2.75) is 61.3 Å². The Morgan fingerprint density at radius 3 is 2.32 bits per heavy atom. The molecule has 1 aromatic carbocycles. The molecule has 4 nitrogen and oxygen atoms in total. The summed E-state index contributed by atoms with van der Waals surface area (Å²) < 4.78 is 5.24. The van der Waals surface area contributed by atoms with Crippen molar-refractivity contribution >= 4 is 5.69 Å². The standard InChI is InChI=1S/C14H19N3O.2C2H6/c1-9(2)4-7-13-16-14(17-18-13)11-6-5-10(3)12(15)8-11;2*1-2/h5-6,8-9H,4,7,15H2,1-3H3;2*1-2H3. The topological polar surface area (TPSA) is 64.9 Å². The average molecular weight is 305 g/mol. The van der Waals surface area contributed by atoms with E-state index in [1.54, 1.807) is 0 Å². The minimum atomic E-state index is 0.612. The summed E-state index contributed by atoms with van der Waals surface area (Å²) in [6, 6.07) is 5.81. The number of nitrogen functional groups attached to an aromatic ring is 1. The summed E-state index contributed by atoms with van der Waals surface area (Å²) in [7, 11) is 0. The van der Waals surface area contributed by atoms with Gasteiger partial charge in [-0.1, -0.05) is 58.8 Å². The monoisotopic (exact) mass is 305 g/mol. The Kier molecular flexibility index (Phi) is 9.92. The highest BCUT2D eigenvalue weighted by molar-refractivity contribution is 5.63. The lowest BCUT2D eigenvalue weighted by Gasteiger charge is -2.00. The molecule has 4 heteroatoms. The molecule has 2 rings (SSSR count). The average Bonchev–Trinajstić information content (AvgIpc) is 3.01. The minimum absolute atomic E-state index is 0.612. The lowest BCUT2D eigenvalue weighted by Crippen LogP contribution is -1.93. The number of aromatic nitrogens is 2. The van der Waals surface area contributed by atoms with Crippen LogP contribution in [0.25, 0.3) is 11.4 Å². The molecule has 0 aliphatic carbocycles. The van der Waals surface area contributed by atoms with Gasteiger partial charge in [0.2, 0.25) is 11.7 Å². The molecule has 1 heterocycles. The Morgan fingerprint density at radius 1 is 1.14 bits per heavy atom. The van der Waals surface area contributed by atoms with Gasteiger partial charge in [0.05, 0.1) is 0 Å². The maximum atomic E-state index is 5.88. The van der Waals surface area contributed by atoms with Gasteiger partial charge in [0.15, 0.2) is 0 Å². The summed E-state index contributed by atoms with van der Waals surface area (Å²) >= 11 is 0. The first-order chi connectivity index (χ1) is 10.6. The quantitative estimate of drug-likeness (QED) is 0.782. The van der Waals surface area contributed by atoms with Crippen molar-refractivity contribution in [2.24, 2.45) is 5.92 Å². The molecule has 2 aromatic rings. The van der Waals surface area contributed by atoms with Gasteiger partial charge in [0, 0.05) is 17.7 Å². The van der Waals surface area contributed by atoms with Crippen molar-refractivity contribution in [3.05, 3.63) is 29.7 Å². The summed E-state index contributed by atoms with van der Waals surface area (Å²) in [5, 5.41) is 3.99. The Bertz CT molecular complexity index is 533. The number of hydrogen-bond donors (Lipinski definition) is 1. The molecule has 0 aliphatic heterocycles. The second-order valence-electron chi connectivity index (χ2n) is 5.02. The summed E-state index contributed by atoms with van der Waals surface area (Å²) in [4.78, 5) is 4.39. The molecule has 0 fully saturated rings. The van der Waals surface area contributed by atoms with Gasteiger partial charge in [-0.25, -0.2) is 0 Å². The van der Waals surface area contributed by atoms with E-state index < -0.39 is 0 Å². The van der Waals surface area contributed by atoms with Gasteiger partial charge in [-0.05, 0) is 30.9 Å². The van der Waals surface area contributed by atoms with Crippen molar-refractivity contribution < 1.29 is 4.52 Å². The van der Waals surface area contributed by atoms with Crippen LogP contribution in [0.15, 0.2) is 22.7 Å². The molecule has 0 radical (unpaired) electrons. The van der Waals surface area contributed by atoms with Gasteiger partial charge in [-0.3, -0.25) is 0 Å². The molecular formula is C18H31N3O. The summed E-state index contributed by atoms with van der Waals surface area (Å²) in [6.07, 6.45) is 1.88. The smallest absolute Gasteiger partial charge is 0.226 e. The van der Waals surface area contributed by atoms with Crippen LogP contribution in [0, 0.1) is 12.8 Å². The molecular weight excluding hydrogens is 274 g/mol. The number of nitrogens with zero attached hydrogens (tertiary/aromatic N) is 2. The Hall–Kier alpha value is -1.84.